The smallest absolute Gasteiger partial charge is 0.332 e. The average molecular weight is 509 g/mol. The molecule has 0 fully saturated rings. The number of amides is 3. The van der Waals surface area contributed by atoms with Crippen molar-refractivity contribution in [3.05, 3.63) is 56.2 Å². The van der Waals surface area contributed by atoms with E-state index in [9.17, 15) is 24.0 Å². The van der Waals surface area contributed by atoms with Gasteiger partial charge in [-0.1, -0.05) is 13.8 Å². The van der Waals surface area contributed by atoms with E-state index in [1.54, 1.807) is 24.3 Å². The number of rotatable bonds is 9. The fourth-order valence-electron chi connectivity index (χ4n) is 4.01. The van der Waals surface area contributed by atoms with Crippen LogP contribution in [0.25, 0.3) is 22.6 Å². The number of carbonyl (C=O) groups is 3. The first-order chi connectivity index (χ1) is 17.7. The van der Waals surface area contributed by atoms with Crippen LogP contribution in [0.5, 0.6) is 5.75 Å². The molecule has 12 nitrogen and oxygen atoms in total. The monoisotopic (exact) mass is 508 g/mol. The molecule has 2 N–H and O–H groups in total. The van der Waals surface area contributed by atoms with Gasteiger partial charge < -0.3 is 9.72 Å². The molecule has 3 heterocycles. The number of nitrogens with one attached hydrogen (secondary N) is 2. The van der Waals surface area contributed by atoms with Crippen LogP contribution in [-0.4, -0.2) is 48.4 Å². The Hall–Kier alpha value is -4.48. The lowest BCUT2D eigenvalue weighted by Gasteiger charge is -2.16. The number of hydrogen-bond acceptors (Lipinski definition) is 7. The highest BCUT2D eigenvalue weighted by atomic mass is 16.5. The van der Waals surface area contributed by atoms with Gasteiger partial charge in [0.2, 0.25) is 0 Å². The summed E-state index contributed by atoms with van der Waals surface area (Å²) in [7, 11) is 0. The van der Waals surface area contributed by atoms with Gasteiger partial charge in [0.05, 0.1) is 0 Å². The van der Waals surface area contributed by atoms with Crippen molar-refractivity contribution in [3.63, 3.8) is 0 Å². The highest BCUT2D eigenvalue weighted by molar-refractivity contribution is 6.19. The van der Waals surface area contributed by atoms with E-state index in [1.165, 1.54) is 23.0 Å². The Balaban J connectivity index is 1.50. The number of carbonyl (C=O) groups excluding carboxylic acids is 3. The van der Waals surface area contributed by atoms with E-state index in [-0.39, 0.29) is 22.4 Å². The first-order valence-corrected chi connectivity index (χ1v) is 12.0. The van der Waals surface area contributed by atoms with E-state index in [1.807, 2.05) is 13.8 Å². The molecule has 4 rings (SSSR count). The Labute approximate surface area is 211 Å². The summed E-state index contributed by atoms with van der Waals surface area (Å²) < 4.78 is 8.21. The van der Waals surface area contributed by atoms with Gasteiger partial charge >= 0.3 is 5.69 Å². The molecule has 2 aromatic heterocycles. The molecule has 0 spiro atoms. The molecule has 0 atom stereocenters. The van der Waals surface area contributed by atoms with Gasteiger partial charge in [0.1, 0.15) is 17.1 Å². The SMILES string of the molecule is CCCn1c(=O)c2[nH]c(-c3ccc(OCC(=O)NN4C(=O)C(C)=C(C)C4=O)cc3)nc2n(CCC)c1=O. The fourth-order valence-corrected chi connectivity index (χ4v) is 4.01. The van der Waals surface area contributed by atoms with Gasteiger partial charge in [-0.3, -0.25) is 33.7 Å². The van der Waals surface area contributed by atoms with Crippen molar-refractivity contribution >= 4 is 28.9 Å². The van der Waals surface area contributed by atoms with E-state index < -0.39 is 29.9 Å². The zero-order chi connectivity index (χ0) is 26.9. The van der Waals surface area contributed by atoms with Gasteiger partial charge in [0, 0.05) is 29.8 Å². The number of hydrogen-bond donors (Lipinski definition) is 2. The minimum atomic E-state index is -0.664. The Bertz CT molecular complexity index is 1520. The van der Waals surface area contributed by atoms with Gasteiger partial charge in [-0.2, -0.15) is 5.01 Å². The standard InChI is InChI=1S/C25H28N6O6/c1-5-11-29-21-19(24(35)30(12-6-2)25(29)36)26-20(27-21)16-7-9-17(10-8-16)37-13-18(32)28-31-22(33)14(3)15(4)23(31)34/h7-10H,5-6,11-13H2,1-4H3,(H,26,27)(H,28,32). The molecule has 0 aliphatic carbocycles. The quantitative estimate of drug-likeness (QED) is 0.416. The second-order valence-corrected chi connectivity index (χ2v) is 8.72. The molecule has 0 radical (unpaired) electrons. The molecule has 0 unspecified atom stereocenters. The van der Waals surface area contributed by atoms with Crippen LogP contribution in [0.1, 0.15) is 40.5 Å². The lowest BCUT2D eigenvalue weighted by Crippen LogP contribution is -2.48. The third-order valence-electron chi connectivity index (χ3n) is 6.10. The van der Waals surface area contributed by atoms with Gasteiger partial charge in [-0.25, -0.2) is 9.78 Å². The molecule has 12 heteroatoms. The maximum atomic E-state index is 12.9. The van der Waals surface area contributed by atoms with E-state index >= 15 is 0 Å². The third-order valence-corrected chi connectivity index (χ3v) is 6.10. The van der Waals surface area contributed by atoms with Gasteiger partial charge in [-0.05, 0) is 51.0 Å². The second-order valence-electron chi connectivity index (χ2n) is 8.72. The number of H-pyrrole nitrogens is 1. The molecule has 1 aliphatic heterocycles. The molecule has 3 amide bonds. The lowest BCUT2D eigenvalue weighted by molar-refractivity contribution is -0.147. The van der Waals surface area contributed by atoms with Gasteiger partial charge in [0.25, 0.3) is 23.3 Å². The van der Waals surface area contributed by atoms with E-state index in [4.69, 9.17) is 4.74 Å². The number of aromatic amines is 1. The first-order valence-electron chi connectivity index (χ1n) is 12.0. The zero-order valence-electron chi connectivity index (χ0n) is 21.1. The van der Waals surface area contributed by atoms with Crippen LogP contribution < -0.4 is 21.4 Å². The summed E-state index contributed by atoms with van der Waals surface area (Å²) in [5, 5.41) is 0.674. The summed E-state index contributed by atoms with van der Waals surface area (Å²) in [5.74, 6) is -1.02. The van der Waals surface area contributed by atoms with Crippen molar-refractivity contribution in [2.45, 2.75) is 53.6 Å². The normalized spacial score (nSPS) is 13.7. The molecule has 194 valence electrons. The van der Waals surface area contributed by atoms with Crippen molar-refractivity contribution in [2.24, 2.45) is 0 Å². The Morgan fingerprint density at radius 2 is 1.54 bits per heavy atom. The number of ether oxygens (including phenoxy) is 1. The van der Waals surface area contributed by atoms with Gasteiger partial charge in [0.15, 0.2) is 12.3 Å². The Morgan fingerprint density at radius 1 is 0.946 bits per heavy atom. The number of fused-ring (bicyclic) bond motifs is 1. The lowest BCUT2D eigenvalue weighted by atomic mass is 10.2. The van der Waals surface area contributed by atoms with Gasteiger partial charge in [-0.15, -0.1) is 0 Å². The number of aromatic nitrogens is 4. The molecule has 0 saturated heterocycles. The largest absolute Gasteiger partial charge is 0.484 e. The molecule has 3 aromatic rings. The van der Waals surface area contributed by atoms with Crippen molar-refractivity contribution in [3.8, 4) is 17.1 Å². The number of benzene rings is 1. The molecule has 0 bridgehead atoms. The highest BCUT2D eigenvalue weighted by Crippen LogP contribution is 2.22. The van der Waals surface area contributed by atoms with Crippen LogP contribution >= 0.6 is 0 Å². The number of aryl methyl sites for hydroxylation is 1. The number of hydrazine groups is 1. The first kappa shape index (κ1) is 25.6. The molecular weight excluding hydrogens is 480 g/mol. The highest BCUT2D eigenvalue weighted by Gasteiger charge is 2.34. The van der Waals surface area contributed by atoms with Crippen molar-refractivity contribution in [1.29, 1.82) is 0 Å². The maximum Gasteiger partial charge on any atom is 0.332 e. The summed E-state index contributed by atoms with van der Waals surface area (Å²) >= 11 is 0. The molecule has 37 heavy (non-hydrogen) atoms. The zero-order valence-corrected chi connectivity index (χ0v) is 21.1. The van der Waals surface area contributed by atoms with Crippen molar-refractivity contribution < 1.29 is 19.1 Å². The van der Waals surface area contributed by atoms with Crippen LogP contribution in [-0.2, 0) is 27.5 Å². The van der Waals surface area contributed by atoms with Crippen LogP contribution in [0.4, 0.5) is 0 Å². The van der Waals surface area contributed by atoms with Crippen LogP contribution in [0.15, 0.2) is 45.0 Å². The average Bonchev–Trinajstić information content (AvgIpc) is 3.41. The summed E-state index contributed by atoms with van der Waals surface area (Å²) in [4.78, 5) is 69.7. The predicted octanol–water partition coefficient (Wildman–Crippen LogP) is 1.49. The molecule has 1 aromatic carbocycles. The Kier molecular flexibility index (Phi) is 7.09. The molecule has 1 aliphatic rings. The van der Waals surface area contributed by atoms with Crippen molar-refractivity contribution in [2.75, 3.05) is 6.61 Å². The summed E-state index contributed by atoms with van der Waals surface area (Å²) in [5.41, 5.74) is 3.25. The Morgan fingerprint density at radius 3 is 2.14 bits per heavy atom. The number of nitrogens with zero attached hydrogens (tertiary/aromatic N) is 4. The summed E-state index contributed by atoms with van der Waals surface area (Å²) in [6, 6.07) is 6.63. The van der Waals surface area contributed by atoms with Crippen molar-refractivity contribution in [1.82, 2.24) is 29.5 Å². The van der Waals surface area contributed by atoms with Crippen LogP contribution in [0, 0.1) is 0 Å². The van der Waals surface area contributed by atoms with E-state index in [0.29, 0.717) is 53.7 Å². The van der Waals surface area contributed by atoms with E-state index in [0.717, 1.165) is 0 Å². The predicted molar refractivity (Wildman–Crippen MR) is 134 cm³/mol. The van der Waals surface area contributed by atoms with Crippen LogP contribution in [0.3, 0.4) is 0 Å². The number of imide groups is 1. The minimum Gasteiger partial charge on any atom is -0.484 e. The summed E-state index contributed by atoms with van der Waals surface area (Å²) in [6.07, 6.45) is 1.35. The third kappa shape index (κ3) is 4.69. The fraction of sp³-hybridized carbons (Fsp3) is 0.360. The number of imidazole rings is 1. The minimum absolute atomic E-state index is 0.263. The van der Waals surface area contributed by atoms with E-state index in [2.05, 4.69) is 15.4 Å². The maximum absolute atomic E-state index is 12.9. The molecular formula is C25H28N6O6. The summed E-state index contributed by atoms with van der Waals surface area (Å²) in [6.45, 7) is 7.22. The topological polar surface area (TPSA) is 148 Å². The second kappa shape index (κ2) is 10.2. The molecule has 0 saturated carbocycles. The van der Waals surface area contributed by atoms with Crippen LogP contribution in [0.2, 0.25) is 0 Å².